The van der Waals surface area contributed by atoms with Crippen LogP contribution in [0.1, 0.15) is 42.9 Å². The van der Waals surface area contributed by atoms with Gasteiger partial charge in [0.25, 0.3) is 0 Å². The Labute approximate surface area is 185 Å². The van der Waals surface area contributed by atoms with Crippen molar-refractivity contribution in [3.05, 3.63) is 88.7 Å². The van der Waals surface area contributed by atoms with Crippen molar-refractivity contribution in [2.24, 2.45) is 4.99 Å². The Balaban J connectivity index is 1.78. The van der Waals surface area contributed by atoms with Gasteiger partial charge in [-0.05, 0) is 78.1 Å². The van der Waals surface area contributed by atoms with E-state index in [1.54, 1.807) is 30.3 Å². The van der Waals surface area contributed by atoms with Crippen LogP contribution >= 0.6 is 12.2 Å². The van der Waals surface area contributed by atoms with Gasteiger partial charge in [-0.3, -0.25) is 0 Å². The van der Waals surface area contributed by atoms with Crippen LogP contribution in [0.4, 0.5) is 18.9 Å². The molecule has 0 spiro atoms. The molecular formula is C26H20F3NS. The average molecular weight is 436 g/mol. The van der Waals surface area contributed by atoms with Gasteiger partial charge in [0.15, 0.2) is 0 Å². The van der Waals surface area contributed by atoms with E-state index in [1.165, 1.54) is 24.3 Å². The number of hydrogen-bond acceptors (Lipinski definition) is 2. The van der Waals surface area contributed by atoms with Crippen LogP contribution < -0.4 is 0 Å². The summed E-state index contributed by atoms with van der Waals surface area (Å²) in [6.45, 7) is 2.08. The zero-order chi connectivity index (χ0) is 22.2. The van der Waals surface area contributed by atoms with Crippen molar-refractivity contribution in [2.75, 3.05) is 0 Å². The lowest BCUT2D eigenvalue weighted by molar-refractivity contribution is 0.572. The first-order valence-corrected chi connectivity index (χ1v) is 10.4. The van der Waals surface area contributed by atoms with Crippen molar-refractivity contribution in [1.29, 1.82) is 0 Å². The average Bonchev–Trinajstić information content (AvgIpc) is 2.75. The lowest BCUT2D eigenvalue weighted by Gasteiger charge is -2.04. The number of isothiocyanates is 1. The molecule has 0 aliphatic heterocycles. The lowest BCUT2D eigenvalue weighted by atomic mass is 10.0. The van der Waals surface area contributed by atoms with Gasteiger partial charge >= 0.3 is 0 Å². The van der Waals surface area contributed by atoms with E-state index in [0.29, 0.717) is 23.1 Å². The summed E-state index contributed by atoms with van der Waals surface area (Å²) in [5.41, 5.74) is 2.57. The largest absolute Gasteiger partial charge is 0.206 e. The van der Waals surface area contributed by atoms with E-state index in [-0.39, 0.29) is 11.3 Å². The maximum Gasteiger partial charge on any atom is 0.150 e. The van der Waals surface area contributed by atoms with Crippen molar-refractivity contribution in [3.8, 4) is 23.0 Å². The minimum Gasteiger partial charge on any atom is -0.206 e. The zero-order valence-corrected chi connectivity index (χ0v) is 17.8. The molecule has 31 heavy (non-hydrogen) atoms. The maximum atomic E-state index is 14.3. The van der Waals surface area contributed by atoms with Crippen LogP contribution in [0.2, 0.25) is 0 Å². The van der Waals surface area contributed by atoms with Crippen molar-refractivity contribution in [1.82, 2.24) is 0 Å². The summed E-state index contributed by atoms with van der Waals surface area (Å²) in [4.78, 5) is 3.66. The summed E-state index contributed by atoms with van der Waals surface area (Å²) in [5, 5.41) is 2.14. The van der Waals surface area contributed by atoms with Crippen LogP contribution in [-0.2, 0) is 6.42 Å². The molecule has 3 rings (SSSR count). The van der Waals surface area contributed by atoms with Gasteiger partial charge in [0.05, 0.1) is 10.7 Å². The van der Waals surface area contributed by atoms with Gasteiger partial charge in [-0.15, -0.1) is 0 Å². The number of halogens is 3. The minimum absolute atomic E-state index is 0.127. The van der Waals surface area contributed by atoms with E-state index in [4.69, 9.17) is 0 Å². The van der Waals surface area contributed by atoms with E-state index < -0.39 is 17.5 Å². The summed E-state index contributed by atoms with van der Waals surface area (Å²) in [6, 6.07) is 14.3. The van der Waals surface area contributed by atoms with Crippen LogP contribution in [-0.4, -0.2) is 5.16 Å². The highest BCUT2D eigenvalue weighted by Gasteiger charge is 2.09. The quantitative estimate of drug-likeness (QED) is 0.168. The van der Waals surface area contributed by atoms with Gasteiger partial charge in [0.2, 0.25) is 0 Å². The standard InChI is InChI=1S/C26H20F3NS/c1-2-3-4-5-19-14-23(27)22(24(28)15-19)12-8-18-6-9-20(10-7-18)21-11-13-26(30-17-31)25(29)16-21/h6-7,9-11,13-16H,2-5H2,1H3. The number of unbranched alkanes of at least 4 members (excludes halogenated alkanes) is 2. The Morgan fingerprint density at radius 2 is 1.48 bits per heavy atom. The number of aliphatic imine (C=N–C) groups is 1. The van der Waals surface area contributed by atoms with E-state index in [2.05, 4.69) is 41.1 Å². The Kier molecular flexibility index (Phi) is 7.78. The number of nitrogens with zero attached hydrogens (tertiary/aromatic N) is 1. The van der Waals surface area contributed by atoms with Crippen LogP contribution in [0.15, 0.2) is 59.6 Å². The second kappa shape index (κ2) is 10.7. The number of thiocarbonyl (C=S) groups is 1. The molecule has 0 unspecified atom stereocenters. The molecular weight excluding hydrogens is 415 g/mol. The SMILES string of the molecule is CCCCCc1cc(F)c(C#Cc2ccc(-c3ccc(N=C=S)c(F)c3)cc2)c(F)c1. The summed E-state index contributed by atoms with van der Waals surface area (Å²) < 4.78 is 42.7. The predicted molar refractivity (Wildman–Crippen MR) is 122 cm³/mol. The first kappa shape index (κ1) is 22.5. The highest BCUT2D eigenvalue weighted by atomic mass is 32.1. The fourth-order valence-corrected chi connectivity index (χ4v) is 3.27. The first-order chi connectivity index (χ1) is 15.0. The maximum absolute atomic E-state index is 14.3. The lowest BCUT2D eigenvalue weighted by Crippen LogP contribution is -1.95. The fraction of sp³-hybridized carbons (Fsp3) is 0.192. The summed E-state index contributed by atoms with van der Waals surface area (Å²) in [6.07, 6.45) is 3.63. The second-order valence-corrected chi connectivity index (χ2v) is 7.27. The third-order valence-electron chi connectivity index (χ3n) is 4.83. The molecule has 5 heteroatoms. The van der Waals surface area contributed by atoms with Gasteiger partial charge in [0.1, 0.15) is 23.1 Å². The topological polar surface area (TPSA) is 12.4 Å². The molecule has 0 bridgehead atoms. The summed E-state index contributed by atoms with van der Waals surface area (Å²) >= 11 is 4.49. The molecule has 0 amide bonds. The molecule has 0 heterocycles. The number of aryl methyl sites for hydroxylation is 1. The Morgan fingerprint density at radius 1 is 0.806 bits per heavy atom. The molecule has 0 fully saturated rings. The third-order valence-corrected chi connectivity index (χ3v) is 4.93. The van der Waals surface area contributed by atoms with Gasteiger partial charge in [0, 0.05) is 5.56 Å². The molecule has 0 radical (unpaired) electrons. The van der Waals surface area contributed by atoms with E-state index in [0.717, 1.165) is 24.8 Å². The van der Waals surface area contributed by atoms with Gasteiger partial charge in [-0.25, -0.2) is 13.2 Å². The fourth-order valence-electron chi connectivity index (χ4n) is 3.18. The highest BCUT2D eigenvalue weighted by Crippen LogP contribution is 2.26. The number of hydrogen-bond donors (Lipinski definition) is 0. The van der Waals surface area contributed by atoms with Crippen molar-refractivity contribution in [2.45, 2.75) is 32.6 Å². The van der Waals surface area contributed by atoms with E-state index in [9.17, 15) is 13.2 Å². The normalized spacial score (nSPS) is 10.2. The van der Waals surface area contributed by atoms with Gasteiger partial charge in [-0.1, -0.05) is 49.8 Å². The molecule has 156 valence electrons. The number of benzene rings is 3. The van der Waals surface area contributed by atoms with Crippen molar-refractivity contribution in [3.63, 3.8) is 0 Å². The molecule has 1 nitrogen and oxygen atoms in total. The van der Waals surface area contributed by atoms with Crippen LogP contribution in [0.25, 0.3) is 11.1 Å². The van der Waals surface area contributed by atoms with Crippen molar-refractivity contribution >= 4 is 23.1 Å². The Hall–Kier alpha value is -3.19. The summed E-state index contributed by atoms with van der Waals surface area (Å²) in [5.74, 6) is 3.59. The molecule has 3 aromatic rings. The molecule has 3 aromatic carbocycles. The second-order valence-electron chi connectivity index (χ2n) is 7.09. The zero-order valence-electron chi connectivity index (χ0n) is 17.0. The molecule has 0 saturated heterocycles. The van der Waals surface area contributed by atoms with Crippen LogP contribution in [0.3, 0.4) is 0 Å². The van der Waals surface area contributed by atoms with Crippen LogP contribution in [0, 0.1) is 29.3 Å². The predicted octanol–water partition coefficient (Wildman–Crippen LogP) is 7.64. The van der Waals surface area contributed by atoms with Gasteiger partial charge < -0.3 is 0 Å². The van der Waals surface area contributed by atoms with E-state index >= 15 is 0 Å². The first-order valence-electron chi connectivity index (χ1n) is 9.99. The van der Waals surface area contributed by atoms with Crippen molar-refractivity contribution < 1.29 is 13.2 Å². The van der Waals surface area contributed by atoms with E-state index in [1.807, 2.05) is 0 Å². The Bertz CT molecular complexity index is 1160. The summed E-state index contributed by atoms with van der Waals surface area (Å²) in [7, 11) is 0. The molecule has 0 atom stereocenters. The highest BCUT2D eigenvalue weighted by molar-refractivity contribution is 7.78. The molecule has 0 aliphatic rings. The molecule has 0 aromatic heterocycles. The third kappa shape index (κ3) is 5.92. The van der Waals surface area contributed by atoms with Crippen LogP contribution in [0.5, 0.6) is 0 Å². The van der Waals surface area contributed by atoms with Gasteiger partial charge in [-0.2, -0.15) is 4.99 Å². The Morgan fingerprint density at radius 3 is 2.10 bits per heavy atom. The molecule has 0 N–H and O–H groups in total. The molecule has 0 aliphatic carbocycles. The minimum atomic E-state index is -0.648. The number of rotatable bonds is 6. The monoisotopic (exact) mass is 435 g/mol. The molecule has 0 saturated carbocycles. The smallest absolute Gasteiger partial charge is 0.150 e.